The Hall–Kier alpha value is -0.610. The molecule has 0 aliphatic carbocycles. The molecule has 1 unspecified atom stereocenters. The molecule has 2 atom stereocenters. The predicted molar refractivity (Wildman–Crippen MR) is 70.7 cm³/mol. The minimum atomic E-state index is -0.0184. The number of amides is 1. The van der Waals surface area contributed by atoms with Gasteiger partial charge in [-0.1, -0.05) is 20.8 Å². The molecule has 1 aliphatic rings. The molecule has 2 N–H and O–H groups in total. The summed E-state index contributed by atoms with van der Waals surface area (Å²) in [5.74, 6) is 0.587. The lowest BCUT2D eigenvalue weighted by molar-refractivity contribution is -0.136. The van der Waals surface area contributed by atoms with Gasteiger partial charge in [0.25, 0.3) is 0 Å². The summed E-state index contributed by atoms with van der Waals surface area (Å²) in [7, 11) is 3.95. The summed E-state index contributed by atoms with van der Waals surface area (Å²) in [6.45, 7) is 8.68. The van der Waals surface area contributed by atoms with Crippen molar-refractivity contribution in [2.45, 2.75) is 33.2 Å². The Bertz CT molecular complexity index is 270. The fourth-order valence-electron chi connectivity index (χ4n) is 2.67. The largest absolute Gasteiger partial charge is 0.341 e. The second-order valence-corrected chi connectivity index (χ2v) is 6.18. The molecule has 0 radical (unpaired) electrons. The minimum absolute atomic E-state index is 0.0184. The van der Waals surface area contributed by atoms with Gasteiger partial charge in [-0.2, -0.15) is 0 Å². The molecule has 100 valence electrons. The zero-order chi connectivity index (χ0) is 13.2. The van der Waals surface area contributed by atoms with Crippen molar-refractivity contribution in [3.8, 4) is 0 Å². The number of hydrogen-bond acceptors (Lipinski definition) is 3. The molecule has 4 nitrogen and oxygen atoms in total. The Kier molecular flexibility index (Phi) is 4.55. The first-order valence-corrected chi connectivity index (χ1v) is 6.46. The van der Waals surface area contributed by atoms with E-state index in [-0.39, 0.29) is 17.4 Å². The van der Waals surface area contributed by atoms with Gasteiger partial charge in [0, 0.05) is 13.1 Å². The smallest absolute Gasteiger partial charge is 0.240 e. The number of nitrogens with two attached hydrogens (primary N) is 1. The molecule has 0 bridgehead atoms. The first-order valence-electron chi connectivity index (χ1n) is 6.46. The summed E-state index contributed by atoms with van der Waals surface area (Å²) < 4.78 is 0. The Morgan fingerprint density at radius 1 is 1.47 bits per heavy atom. The van der Waals surface area contributed by atoms with Crippen molar-refractivity contribution in [3.63, 3.8) is 0 Å². The zero-order valence-electron chi connectivity index (χ0n) is 11.9. The molecule has 1 rings (SSSR count). The number of carbonyl (C=O) groups excluding carboxylic acids is 1. The van der Waals surface area contributed by atoms with E-state index in [0.717, 1.165) is 19.5 Å². The van der Waals surface area contributed by atoms with E-state index < -0.39 is 0 Å². The van der Waals surface area contributed by atoms with Crippen molar-refractivity contribution in [3.05, 3.63) is 0 Å². The molecule has 4 heteroatoms. The Labute approximate surface area is 105 Å². The van der Waals surface area contributed by atoms with Crippen LogP contribution in [-0.2, 0) is 4.79 Å². The first kappa shape index (κ1) is 14.5. The SMILES string of the molecule is CC(C)[C@@H](C(=O)N1CCC(C)(CN)C1)N(C)C. The fraction of sp³-hybridized carbons (Fsp3) is 0.923. The highest BCUT2D eigenvalue weighted by molar-refractivity contribution is 5.82. The van der Waals surface area contributed by atoms with Gasteiger partial charge in [0.1, 0.15) is 0 Å². The van der Waals surface area contributed by atoms with E-state index in [1.807, 2.05) is 23.9 Å². The number of rotatable bonds is 4. The van der Waals surface area contributed by atoms with Crippen LogP contribution in [0.2, 0.25) is 0 Å². The van der Waals surface area contributed by atoms with Crippen LogP contribution in [0, 0.1) is 11.3 Å². The van der Waals surface area contributed by atoms with Crippen LogP contribution in [0.4, 0.5) is 0 Å². The van der Waals surface area contributed by atoms with Crippen LogP contribution in [0.5, 0.6) is 0 Å². The minimum Gasteiger partial charge on any atom is -0.341 e. The maximum Gasteiger partial charge on any atom is 0.240 e. The second kappa shape index (κ2) is 5.36. The summed E-state index contributed by atoms with van der Waals surface area (Å²) in [6.07, 6.45) is 1.02. The maximum atomic E-state index is 12.5. The highest BCUT2D eigenvalue weighted by Gasteiger charge is 2.38. The monoisotopic (exact) mass is 241 g/mol. The average molecular weight is 241 g/mol. The van der Waals surface area contributed by atoms with E-state index in [2.05, 4.69) is 20.8 Å². The molecule has 1 amide bonds. The number of carbonyl (C=O) groups is 1. The van der Waals surface area contributed by atoms with E-state index in [9.17, 15) is 4.79 Å². The third-order valence-electron chi connectivity index (χ3n) is 3.80. The van der Waals surface area contributed by atoms with Crippen LogP contribution in [0.25, 0.3) is 0 Å². The third-order valence-corrected chi connectivity index (χ3v) is 3.80. The number of likely N-dealkylation sites (tertiary alicyclic amines) is 1. The summed E-state index contributed by atoms with van der Waals surface area (Å²) >= 11 is 0. The van der Waals surface area contributed by atoms with Gasteiger partial charge < -0.3 is 10.6 Å². The van der Waals surface area contributed by atoms with Gasteiger partial charge in [-0.15, -0.1) is 0 Å². The van der Waals surface area contributed by atoms with Gasteiger partial charge in [0.15, 0.2) is 0 Å². The van der Waals surface area contributed by atoms with Crippen LogP contribution in [0.3, 0.4) is 0 Å². The van der Waals surface area contributed by atoms with E-state index in [1.54, 1.807) is 0 Å². The third kappa shape index (κ3) is 3.19. The Morgan fingerprint density at radius 2 is 2.06 bits per heavy atom. The van der Waals surface area contributed by atoms with E-state index >= 15 is 0 Å². The van der Waals surface area contributed by atoms with Crippen molar-refractivity contribution in [2.75, 3.05) is 33.7 Å². The van der Waals surface area contributed by atoms with Crippen molar-refractivity contribution < 1.29 is 4.79 Å². The van der Waals surface area contributed by atoms with Gasteiger partial charge in [-0.3, -0.25) is 9.69 Å². The highest BCUT2D eigenvalue weighted by Crippen LogP contribution is 2.29. The molecule has 1 heterocycles. The van der Waals surface area contributed by atoms with Gasteiger partial charge in [-0.25, -0.2) is 0 Å². The Balaban J connectivity index is 2.71. The topological polar surface area (TPSA) is 49.6 Å². The molecular formula is C13H27N3O. The lowest BCUT2D eigenvalue weighted by Crippen LogP contribution is -2.48. The summed E-state index contributed by atoms with van der Waals surface area (Å²) in [5, 5.41) is 0. The van der Waals surface area contributed by atoms with Crippen LogP contribution in [0.1, 0.15) is 27.2 Å². The van der Waals surface area contributed by atoms with Gasteiger partial charge >= 0.3 is 0 Å². The summed E-state index contributed by atoms with van der Waals surface area (Å²) in [4.78, 5) is 16.5. The van der Waals surface area contributed by atoms with Crippen LogP contribution in [0.15, 0.2) is 0 Å². The molecule has 1 saturated heterocycles. The second-order valence-electron chi connectivity index (χ2n) is 6.18. The van der Waals surface area contributed by atoms with Crippen molar-refractivity contribution >= 4 is 5.91 Å². The van der Waals surface area contributed by atoms with Crippen LogP contribution >= 0.6 is 0 Å². The van der Waals surface area contributed by atoms with Crippen LogP contribution < -0.4 is 5.73 Å². The molecule has 0 spiro atoms. The maximum absolute atomic E-state index is 12.5. The molecular weight excluding hydrogens is 214 g/mol. The van der Waals surface area contributed by atoms with Crippen molar-refractivity contribution in [2.24, 2.45) is 17.1 Å². The molecule has 1 aliphatic heterocycles. The molecule has 17 heavy (non-hydrogen) atoms. The molecule has 0 aromatic carbocycles. The Morgan fingerprint density at radius 3 is 2.41 bits per heavy atom. The first-order chi connectivity index (χ1) is 7.80. The zero-order valence-corrected chi connectivity index (χ0v) is 11.9. The average Bonchev–Trinajstić information content (AvgIpc) is 2.61. The number of likely N-dealkylation sites (N-methyl/N-ethyl adjacent to an activating group) is 1. The molecule has 1 fully saturated rings. The highest BCUT2D eigenvalue weighted by atomic mass is 16.2. The van der Waals surface area contributed by atoms with Gasteiger partial charge in [-0.05, 0) is 38.4 Å². The summed E-state index contributed by atoms with van der Waals surface area (Å²) in [6, 6.07) is -0.0184. The van der Waals surface area contributed by atoms with Gasteiger partial charge in [0.05, 0.1) is 6.04 Å². The summed E-state index contributed by atoms with van der Waals surface area (Å²) in [5.41, 5.74) is 5.89. The lowest BCUT2D eigenvalue weighted by atomic mass is 9.90. The number of hydrogen-bond donors (Lipinski definition) is 1. The van der Waals surface area contributed by atoms with Gasteiger partial charge in [0.2, 0.25) is 5.91 Å². The van der Waals surface area contributed by atoms with Crippen molar-refractivity contribution in [1.29, 1.82) is 0 Å². The lowest BCUT2D eigenvalue weighted by Gasteiger charge is -2.31. The quantitative estimate of drug-likeness (QED) is 0.791. The normalized spacial score (nSPS) is 26.9. The fourth-order valence-corrected chi connectivity index (χ4v) is 2.67. The molecule has 0 saturated carbocycles. The molecule has 0 aromatic rings. The van der Waals surface area contributed by atoms with Crippen molar-refractivity contribution in [1.82, 2.24) is 9.80 Å². The van der Waals surface area contributed by atoms with E-state index in [1.165, 1.54) is 0 Å². The predicted octanol–water partition coefficient (Wildman–Crippen LogP) is 0.770. The standard InChI is InChI=1S/C13H27N3O/c1-10(2)11(15(4)5)12(17)16-7-6-13(3,8-14)9-16/h10-11H,6-9,14H2,1-5H3/t11-,13?/m0/s1. The number of nitrogens with zero attached hydrogens (tertiary/aromatic N) is 2. The molecule has 0 aromatic heterocycles. The van der Waals surface area contributed by atoms with E-state index in [4.69, 9.17) is 5.73 Å². The van der Waals surface area contributed by atoms with E-state index in [0.29, 0.717) is 12.5 Å². The van der Waals surface area contributed by atoms with Crippen LogP contribution in [-0.4, -0.2) is 55.5 Å².